The Balaban J connectivity index is 1.65. The monoisotopic (exact) mass is 483 g/mol. The van der Waals surface area contributed by atoms with Gasteiger partial charge in [0.15, 0.2) is 6.10 Å². The third kappa shape index (κ3) is 3.60. The van der Waals surface area contributed by atoms with E-state index in [0.29, 0.717) is 10.6 Å². The van der Waals surface area contributed by atoms with Crippen LogP contribution in [-0.4, -0.2) is 22.8 Å². The van der Waals surface area contributed by atoms with Gasteiger partial charge in [0.05, 0.1) is 27.4 Å². The molecule has 2 aliphatic heterocycles. The van der Waals surface area contributed by atoms with Gasteiger partial charge in [0.25, 0.3) is 11.6 Å². The van der Waals surface area contributed by atoms with E-state index in [4.69, 9.17) is 4.84 Å². The molecule has 3 aromatic carbocycles. The summed E-state index contributed by atoms with van der Waals surface area (Å²) in [6.45, 7) is 0. The van der Waals surface area contributed by atoms with Crippen molar-refractivity contribution in [3.63, 3.8) is 0 Å². The van der Waals surface area contributed by atoms with Crippen LogP contribution in [0.25, 0.3) is 0 Å². The molecule has 11 heteroatoms. The summed E-state index contributed by atoms with van der Waals surface area (Å²) < 4.78 is 40.9. The molecule has 3 aromatic rings. The minimum absolute atomic E-state index is 0.0981. The van der Waals surface area contributed by atoms with Crippen molar-refractivity contribution in [1.29, 1.82) is 0 Å². The minimum atomic E-state index is -4.82. The number of hydrogen-bond acceptors (Lipinski definition) is 6. The lowest BCUT2D eigenvalue weighted by molar-refractivity contribution is -0.385. The van der Waals surface area contributed by atoms with Crippen LogP contribution in [0.5, 0.6) is 0 Å². The highest BCUT2D eigenvalue weighted by Gasteiger charge is 2.61. The van der Waals surface area contributed by atoms with Gasteiger partial charge in [0, 0.05) is 6.07 Å². The molecule has 35 heavy (non-hydrogen) atoms. The smallest absolute Gasteiger partial charge is 0.273 e. The summed E-state index contributed by atoms with van der Waals surface area (Å²) in [5.41, 5.74) is -1.55. The van der Waals surface area contributed by atoms with Crippen LogP contribution in [0.2, 0.25) is 0 Å². The molecule has 2 heterocycles. The maximum atomic E-state index is 13.6. The first-order chi connectivity index (χ1) is 16.7. The number of halogens is 3. The highest BCUT2D eigenvalue weighted by Crippen LogP contribution is 2.50. The first-order valence-corrected chi connectivity index (χ1v) is 10.5. The van der Waals surface area contributed by atoms with Crippen molar-refractivity contribution in [3.8, 4) is 0 Å². The molecule has 0 aromatic heterocycles. The van der Waals surface area contributed by atoms with Gasteiger partial charge in [-0.15, -0.1) is 0 Å². The highest BCUT2D eigenvalue weighted by molar-refractivity contribution is 6.24. The molecule has 0 spiro atoms. The zero-order chi connectivity index (χ0) is 24.9. The van der Waals surface area contributed by atoms with Gasteiger partial charge in [-0.05, 0) is 30.3 Å². The number of nitrogens with zero attached hydrogens (tertiary/aromatic N) is 3. The van der Waals surface area contributed by atoms with Crippen LogP contribution in [0.1, 0.15) is 17.2 Å². The first kappa shape index (κ1) is 22.5. The fourth-order valence-electron chi connectivity index (χ4n) is 4.58. The Bertz CT molecular complexity index is 1330. The van der Waals surface area contributed by atoms with Crippen molar-refractivity contribution in [2.75, 3.05) is 9.96 Å². The Kier molecular flexibility index (Phi) is 5.28. The summed E-state index contributed by atoms with van der Waals surface area (Å²) >= 11 is 0. The van der Waals surface area contributed by atoms with Crippen molar-refractivity contribution in [2.45, 2.75) is 18.3 Å². The molecule has 0 unspecified atom stereocenters. The fraction of sp³-hybridized carbons (Fsp3) is 0.167. The normalized spacial score (nSPS) is 22.0. The molecular formula is C24H16F3N3O5. The Hall–Kier alpha value is -4.25. The van der Waals surface area contributed by atoms with E-state index >= 15 is 0 Å². The summed E-state index contributed by atoms with van der Waals surface area (Å²) in [5.74, 6) is -3.22. The quantitative estimate of drug-likeness (QED) is 0.304. The second-order valence-electron chi connectivity index (χ2n) is 8.00. The number of fused-ring (bicyclic) bond motifs is 1. The molecule has 2 amide bonds. The number of para-hydroxylation sites is 3. The number of anilines is 2. The molecule has 2 saturated heterocycles. The average Bonchev–Trinajstić information content (AvgIpc) is 3.35. The lowest BCUT2D eigenvalue weighted by Crippen LogP contribution is -2.38. The number of nitro benzene ring substituents is 1. The van der Waals surface area contributed by atoms with Crippen molar-refractivity contribution in [1.82, 2.24) is 0 Å². The molecule has 5 rings (SSSR count). The first-order valence-electron chi connectivity index (χ1n) is 10.5. The number of hydrogen-bond donors (Lipinski definition) is 0. The number of rotatable bonds is 4. The summed E-state index contributed by atoms with van der Waals surface area (Å²) in [7, 11) is 0. The Morgan fingerprint density at radius 1 is 0.857 bits per heavy atom. The van der Waals surface area contributed by atoms with E-state index in [1.807, 2.05) is 0 Å². The number of amides is 2. The van der Waals surface area contributed by atoms with Crippen molar-refractivity contribution in [3.05, 3.63) is 100 Å². The molecule has 0 saturated carbocycles. The van der Waals surface area contributed by atoms with Crippen LogP contribution >= 0.6 is 0 Å². The van der Waals surface area contributed by atoms with Crippen molar-refractivity contribution in [2.24, 2.45) is 5.92 Å². The highest BCUT2D eigenvalue weighted by atomic mass is 19.4. The number of carbonyl (C=O) groups excluding carboxylic acids is 2. The molecule has 2 fully saturated rings. The van der Waals surface area contributed by atoms with Gasteiger partial charge in [0.1, 0.15) is 12.0 Å². The van der Waals surface area contributed by atoms with Crippen LogP contribution in [0.15, 0.2) is 78.9 Å². The average molecular weight is 483 g/mol. The maximum absolute atomic E-state index is 13.6. The predicted molar refractivity (Wildman–Crippen MR) is 117 cm³/mol. The van der Waals surface area contributed by atoms with Gasteiger partial charge in [-0.2, -0.15) is 13.2 Å². The van der Waals surface area contributed by atoms with Crippen LogP contribution in [-0.2, 0) is 20.6 Å². The molecular weight excluding hydrogens is 467 g/mol. The molecule has 0 N–H and O–H groups in total. The van der Waals surface area contributed by atoms with Gasteiger partial charge >= 0.3 is 6.18 Å². The summed E-state index contributed by atoms with van der Waals surface area (Å²) in [5, 5.41) is 13.0. The third-order valence-electron chi connectivity index (χ3n) is 6.03. The molecule has 0 bridgehead atoms. The van der Waals surface area contributed by atoms with E-state index in [2.05, 4.69) is 0 Å². The lowest BCUT2D eigenvalue weighted by Gasteiger charge is -2.29. The summed E-state index contributed by atoms with van der Waals surface area (Å²) in [6.07, 6.45) is -6.28. The van der Waals surface area contributed by atoms with Crippen molar-refractivity contribution >= 4 is 28.9 Å². The Morgan fingerprint density at radius 2 is 1.49 bits per heavy atom. The largest absolute Gasteiger partial charge is 0.418 e. The third-order valence-corrected chi connectivity index (χ3v) is 6.03. The van der Waals surface area contributed by atoms with E-state index < -0.39 is 52.2 Å². The van der Waals surface area contributed by atoms with Crippen LogP contribution in [0.3, 0.4) is 0 Å². The molecule has 0 aliphatic carbocycles. The minimum Gasteiger partial charge on any atom is -0.273 e. The van der Waals surface area contributed by atoms with Crippen molar-refractivity contribution < 1.29 is 32.5 Å². The number of hydroxylamine groups is 1. The molecule has 0 radical (unpaired) electrons. The van der Waals surface area contributed by atoms with E-state index in [-0.39, 0.29) is 11.3 Å². The number of benzene rings is 3. The number of imide groups is 1. The number of carbonyl (C=O) groups is 2. The van der Waals surface area contributed by atoms with Gasteiger partial charge < -0.3 is 0 Å². The molecule has 3 atom stereocenters. The van der Waals surface area contributed by atoms with E-state index in [9.17, 15) is 32.9 Å². The number of alkyl halides is 3. The standard InChI is InChI=1S/C24H16F3N3O5/c25-24(26,27)16-11-5-7-13-18(16)28-22(31)19-20(15-10-4-6-12-17(15)30(33)34)29(35-21(19)23(28)32)14-8-2-1-3-9-14/h1-13,19-21H/t19-,20-,21+/m0/s1. The Labute approximate surface area is 196 Å². The zero-order valence-electron chi connectivity index (χ0n) is 17.8. The fourth-order valence-corrected chi connectivity index (χ4v) is 4.58. The second kappa shape index (κ2) is 8.20. The molecule has 178 valence electrons. The van der Waals surface area contributed by atoms with Crippen LogP contribution in [0, 0.1) is 16.0 Å². The zero-order valence-corrected chi connectivity index (χ0v) is 17.8. The molecule has 8 nitrogen and oxygen atoms in total. The van der Waals surface area contributed by atoms with Gasteiger partial charge in [0.2, 0.25) is 5.91 Å². The van der Waals surface area contributed by atoms with Gasteiger partial charge in [-0.3, -0.25) is 24.5 Å². The predicted octanol–water partition coefficient (Wildman–Crippen LogP) is 4.66. The SMILES string of the molecule is O=C1[C@@H]2[C@@H](ON(c3ccccc3)[C@H]2c2ccccc2[N+](=O)[O-])C(=O)N1c1ccccc1C(F)(F)F. The summed E-state index contributed by atoms with van der Waals surface area (Å²) in [6, 6.07) is 17.2. The topological polar surface area (TPSA) is 93.0 Å². The van der Waals surface area contributed by atoms with Crippen LogP contribution in [0.4, 0.5) is 30.2 Å². The lowest BCUT2D eigenvalue weighted by atomic mass is 9.89. The van der Waals surface area contributed by atoms with E-state index in [0.717, 1.165) is 18.2 Å². The number of nitro groups is 1. The van der Waals surface area contributed by atoms with E-state index in [1.165, 1.54) is 35.4 Å². The maximum Gasteiger partial charge on any atom is 0.418 e. The van der Waals surface area contributed by atoms with E-state index in [1.54, 1.807) is 30.3 Å². The van der Waals surface area contributed by atoms with Gasteiger partial charge in [-0.25, -0.2) is 9.96 Å². The second-order valence-corrected chi connectivity index (χ2v) is 8.00. The van der Waals surface area contributed by atoms with Crippen LogP contribution < -0.4 is 9.96 Å². The summed E-state index contributed by atoms with van der Waals surface area (Å²) in [4.78, 5) is 44.3. The van der Waals surface area contributed by atoms with Gasteiger partial charge in [-0.1, -0.05) is 42.5 Å². The molecule has 2 aliphatic rings. The Morgan fingerprint density at radius 3 is 2.17 bits per heavy atom.